The summed E-state index contributed by atoms with van der Waals surface area (Å²) in [5.41, 5.74) is 1.04. The van der Waals surface area contributed by atoms with Crippen molar-refractivity contribution in [2.75, 3.05) is 30.9 Å². The molecule has 2 rings (SSSR count). The lowest BCUT2D eigenvalue weighted by Crippen LogP contribution is -2.40. The number of anilines is 1. The standard InChI is InChI=1S/C10H16N4S/c1-9-3-2-4-10(12-9)13-15-14-7-5-11-6-8-14/h2-4,11H,5-8H2,1H3,(H,12,13). The minimum atomic E-state index is 0.929. The highest BCUT2D eigenvalue weighted by molar-refractivity contribution is 7.98. The average molecular weight is 224 g/mol. The quantitative estimate of drug-likeness (QED) is 0.757. The summed E-state index contributed by atoms with van der Waals surface area (Å²) in [6, 6.07) is 6.01. The molecule has 0 radical (unpaired) electrons. The monoisotopic (exact) mass is 224 g/mol. The van der Waals surface area contributed by atoms with Crippen molar-refractivity contribution in [3.63, 3.8) is 0 Å². The van der Waals surface area contributed by atoms with Crippen molar-refractivity contribution in [2.45, 2.75) is 6.92 Å². The highest BCUT2D eigenvalue weighted by Crippen LogP contribution is 2.14. The molecule has 1 aromatic rings. The Morgan fingerprint density at radius 1 is 1.40 bits per heavy atom. The molecular formula is C10H16N4S. The molecule has 4 nitrogen and oxygen atoms in total. The number of pyridine rings is 1. The van der Waals surface area contributed by atoms with Crippen LogP contribution in [0.4, 0.5) is 5.82 Å². The van der Waals surface area contributed by atoms with E-state index in [1.807, 2.05) is 25.1 Å². The van der Waals surface area contributed by atoms with E-state index in [1.54, 1.807) is 12.1 Å². The van der Waals surface area contributed by atoms with E-state index in [0.717, 1.165) is 37.7 Å². The third kappa shape index (κ3) is 3.37. The van der Waals surface area contributed by atoms with Gasteiger partial charge in [0.2, 0.25) is 0 Å². The fraction of sp³-hybridized carbons (Fsp3) is 0.500. The Morgan fingerprint density at radius 3 is 2.93 bits per heavy atom. The molecule has 2 N–H and O–H groups in total. The smallest absolute Gasteiger partial charge is 0.137 e. The zero-order chi connectivity index (χ0) is 10.5. The van der Waals surface area contributed by atoms with Gasteiger partial charge in [0.15, 0.2) is 0 Å². The fourth-order valence-corrected chi connectivity index (χ4v) is 2.15. The summed E-state index contributed by atoms with van der Waals surface area (Å²) in [5.74, 6) is 0.929. The van der Waals surface area contributed by atoms with Gasteiger partial charge in [0, 0.05) is 44.0 Å². The van der Waals surface area contributed by atoms with E-state index in [2.05, 4.69) is 19.3 Å². The number of rotatable bonds is 3. The molecule has 2 heterocycles. The lowest BCUT2D eigenvalue weighted by molar-refractivity contribution is 0.397. The number of hydrogen-bond acceptors (Lipinski definition) is 5. The lowest BCUT2D eigenvalue weighted by Gasteiger charge is -2.25. The molecule has 1 saturated heterocycles. The minimum Gasteiger partial charge on any atom is -0.314 e. The summed E-state index contributed by atoms with van der Waals surface area (Å²) in [7, 11) is 0. The number of piperazine rings is 1. The fourth-order valence-electron chi connectivity index (χ4n) is 1.45. The van der Waals surface area contributed by atoms with Crippen LogP contribution in [0.5, 0.6) is 0 Å². The van der Waals surface area contributed by atoms with E-state index >= 15 is 0 Å². The Balaban J connectivity index is 1.81. The number of hydrogen-bond donors (Lipinski definition) is 2. The molecule has 0 atom stereocenters. The van der Waals surface area contributed by atoms with Crippen LogP contribution >= 0.6 is 12.1 Å². The first-order valence-corrected chi connectivity index (χ1v) is 5.94. The Kier molecular flexibility index (Phi) is 3.82. The van der Waals surface area contributed by atoms with Crippen LogP contribution < -0.4 is 10.0 Å². The SMILES string of the molecule is Cc1cccc(NSN2CCNCC2)n1. The molecule has 1 aliphatic heterocycles. The van der Waals surface area contributed by atoms with E-state index in [0.29, 0.717) is 0 Å². The van der Waals surface area contributed by atoms with Crippen LogP contribution in [0, 0.1) is 6.92 Å². The van der Waals surface area contributed by atoms with Gasteiger partial charge in [-0.05, 0) is 19.1 Å². The lowest BCUT2D eigenvalue weighted by atomic mass is 10.4. The van der Waals surface area contributed by atoms with Gasteiger partial charge < -0.3 is 10.0 Å². The second-order valence-electron chi connectivity index (χ2n) is 3.54. The molecule has 0 aromatic carbocycles. The maximum atomic E-state index is 4.38. The van der Waals surface area contributed by atoms with Crippen LogP contribution in [-0.2, 0) is 0 Å². The second kappa shape index (κ2) is 5.34. The number of nitrogens with one attached hydrogen (secondary N) is 2. The van der Waals surface area contributed by atoms with Crippen LogP contribution in [0.3, 0.4) is 0 Å². The molecule has 5 heteroatoms. The predicted octanol–water partition coefficient (Wildman–Crippen LogP) is 1.27. The van der Waals surface area contributed by atoms with Crippen molar-refractivity contribution in [1.82, 2.24) is 14.6 Å². The van der Waals surface area contributed by atoms with Gasteiger partial charge >= 0.3 is 0 Å². The Morgan fingerprint density at radius 2 is 2.20 bits per heavy atom. The van der Waals surface area contributed by atoms with Crippen molar-refractivity contribution < 1.29 is 0 Å². The molecule has 0 saturated carbocycles. The molecule has 82 valence electrons. The minimum absolute atomic E-state index is 0.929. The van der Waals surface area contributed by atoms with Crippen LogP contribution in [0.1, 0.15) is 5.69 Å². The summed E-state index contributed by atoms with van der Waals surface area (Å²) >= 11 is 1.64. The van der Waals surface area contributed by atoms with Gasteiger partial charge in [-0.1, -0.05) is 6.07 Å². The molecule has 0 bridgehead atoms. The van der Waals surface area contributed by atoms with Crippen molar-refractivity contribution >= 4 is 18.0 Å². The topological polar surface area (TPSA) is 40.2 Å². The van der Waals surface area contributed by atoms with E-state index in [-0.39, 0.29) is 0 Å². The number of aryl methyl sites for hydroxylation is 1. The molecule has 0 unspecified atom stereocenters. The van der Waals surface area contributed by atoms with Gasteiger partial charge in [0.25, 0.3) is 0 Å². The highest BCUT2D eigenvalue weighted by Gasteiger charge is 2.09. The molecule has 0 aliphatic carbocycles. The van der Waals surface area contributed by atoms with Crippen molar-refractivity contribution in [3.05, 3.63) is 23.9 Å². The van der Waals surface area contributed by atoms with Crippen molar-refractivity contribution in [1.29, 1.82) is 0 Å². The largest absolute Gasteiger partial charge is 0.314 e. The van der Waals surface area contributed by atoms with E-state index in [1.165, 1.54) is 0 Å². The normalized spacial score (nSPS) is 17.7. The second-order valence-corrected chi connectivity index (χ2v) is 4.44. The van der Waals surface area contributed by atoms with Crippen LogP contribution in [-0.4, -0.2) is 35.5 Å². The first kappa shape index (κ1) is 10.7. The third-order valence-corrected chi connectivity index (χ3v) is 3.17. The molecule has 1 aromatic heterocycles. The highest BCUT2D eigenvalue weighted by atomic mass is 32.2. The predicted molar refractivity (Wildman–Crippen MR) is 64.6 cm³/mol. The van der Waals surface area contributed by atoms with Gasteiger partial charge in [-0.3, -0.25) is 0 Å². The summed E-state index contributed by atoms with van der Waals surface area (Å²) in [6.45, 7) is 6.28. The van der Waals surface area contributed by atoms with E-state index < -0.39 is 0 Å². The van der Waals surface area contributed by atoms with Gasteiger partial charge in [-0.25, -0.2) is 9.29 Å². The average Bonchev–Trinajstić information content (AvgIpc) is 2.28. The molecule has 0 spiro atoms. The summed E-state index contributed by atoms with van der Waals surface area (Å²) in [4.78, 5) is 4.38. The zero-order valence-electron chi connectivity index (χ0n) is 8.86. The number of aromatic nitrogens is 1. The van der Waals surface area contributed by atoms with Crippen molar-refractivity contribution in [3.8, 4) is 0 Å². The Bertz CT molecular complexity index is 312. The summed E-state index contributed by atoms with van der Waals surface area (Å²) in [6.07, 6.45) is 0. The first-order valence-electron chi connectivity index (χ1n) is 5.17. The molecule has 15 heavy (non-hydrogen) atoms. The Labute approximate surface area is 94.7 Å². The maximum absolute atomic E-state index is 4.38. The van der Waals surface area contributed by atoms with Gasteiger partial charge in [-0.2, -0.15) is 0 Å². The third-order valence-electron chi connectivity index (χ3n) is 2.24. The molecule has 1 fully saturated rings. The van der Waals surface area contributed by atoms with Crippen LogP contribution in [0.2, 0.25) is 0 Å². The van der Waals surface area contributed by atoms with Gasteiger partial charge in [0.05, 0.1) is 0 Å². The molecular weight excluding hydrogens is 208 g/mol. The first-order chi connectivity index (χ1) is 7.34. The van der Waals surface area contributed by atoms with Crippen molar-refractivity contribution in [2.24, 2.45) is 0 Å². The van der Waals surface area contributed by atoms with Crippen LogP contribution in [0.25, 0.3) is 0 Å². The zero-order valence-corrected chi connectivity index (χ0v) is 9.68. The van der Waals surface area contributed by atoms with E-state index in [4.69, 9.17) is 0 Å². The van der Waals surface area contributed by atoms with Gasteiger partial charge in [-0.15, -0.1) is 0 Å². The van der Waals surface area contributed by atoms with E-state index in [9.17, 15) is 0 Å². The van der Waals surface area contributed by atoms with Crippen LogP contribution in [0.15, 0.2) is 18.2 Å². The molecule has 0 amide bonds. The summed E-state index contributed by atoms with van der Waals surface area (Å²) < 4.78 is 5.56. The molecule has 1 aliphatic rings. The summed E-state index contributed by atoms with van der Waals surface area (Å²) in [5, 5.41) is 3.32. The number of nitrogens with zero attached hydrogens (tertiary/aromatic N) is 2. The maximum Gasteiger partial charge on any atom is 0.137 e. The Hall–Kier alpha value is -0.780. The van der Waals surface area contributed by atoms with Gasteiger partial charge in [0.1, 0.15) is 5.82 Å².